The molecule has 2 aliphatic heterocycles. The van der Waals surface area contributed by atoms with E-state index in [0.29, 0.717) is 50.6 Å². The van der Waals surface area contributed by atoms with Crippen molar-refractivity contribution in [3.05, 3.63) is 48.0 Å². The maximum atomic E-state index is 12.7. The molecular weight excluding hydrogens is 358 g/mol. The van der Waals surface area contributed by atoms with Gasteiger partial charge in [0.05, 0.1) is 5.69 Å². The van der Waals surface area contributed by atoms with Crippen LogP contribution in [0.2, 0.25) is 0 Å². The third-order valence-corrected chi connectivity index (χ3v) is 5.86. The lowest BCUT2D eigenvalue weighted by Crippen LogP contribution is -2.50. The summed E-state index contributed by atoms with van der Waals surface area (Å²) in [4.78, 5) is 32.9. The van der Waals surface area contributed by atoms with E-state index in [0.717, 1.165) is 18.5 Å². The number of aliphatic hydroxyl groups is 1. The summed E-state index contributed by atoms with van der Waals surface area (Å²) in [5.41, 5.74) is 0.655. The predicted octanol–water partition coefficient (Wildman–Crippen LogP) is 0.706. The predicted molar refractivity (Wildman–Crippen MR) is 101 cm³/mol. The van der Waals surface area contributed by atoms with Gasteiger partial charge < -0.3 is 14.9 Å². The van der Waals surface area contributed by atoms with Crippen LogP contribution in [0.5, 0.6) is 0 Å². The second kappa shape index (κ2) is 7.71. The van der Waals surface area contributed by atoms with E-state index in [1.165, 1.54) is 0 Å². The number of H-pyrrole nitrogens is 1. The van der Waals surface area contributed by atoms with Crippen molar-refractivity contribution in [2.24, 2.45) is 5.92 Å². The number of aromatic nitrogens is 3. The first-order valence-corrected chi connectivity index (χ1v) is 9.75. The normalized spacial score (nSPS) is 21.7. The number of carbonyl (C=O) groups excluding carboxylic acids is 2. The van der Waals surface area contributed by atoms with Gasteiger partial charge in [0.1, 0.15) is 5.60 Å². The first-order valence-electron chi connectivity index (χ1n) is 9.75. The van der Waals surface area contributed by atoms with Crippen LogP contribution in [0, 0.1) is 5.92 Å². The molecule has 148 valence electrons. The highest BCUT2D eigenvalue weighted by Crippen LogP contribution is 2.31. The van der Waals surface area contributed by atoms with Gasteiger partial charge in [0.2, 0.25) is 0 Å². The Labute approximate surface area is 163 Å². The third-order valence-electron chi connectivity index (χ3n) is 5.86. The van der Waals surface area contributed by atoms with Crippen LogP contribution in [0.4, 0.5) is 0 Å². The molecule has 8 nitrogen and oxygen atoms in total. The number of hydrogen-bond donors (Lipinski definition) is 2. The van der Waals surface area contributed by atoms with Gasteiger partial charge in [-0.2, -0.15) is 5.10 Å². The Balaban J connectivity index is 1.30. The summed E-state index contributed by atoms with van der Waals surface area (Å²) in [7, 11) is 0. The van der Waals surface area contributed by atoms with E-state index in [9.17, 15) is 14.7 Å². The first-order chi connectivity index (χ1) is 13.5. The minimum atomic E-state index is -1.02. The number of aromatic amines is 1. The summed E-state index contributed by atoms with van der Waals surface area (Å²) in [6.07, 6.45) is 5.85. The topological polar surface area (TPSA) is 102 Å². The molecule has 4 rings (SSSR count). The summed E-state index contributed by atoms with van der Waals surface area (Å²) in [6.45, 7) is 1.90. The van der Waals surface area contributed by atoms with Gasteiger partial charge in [-0.05, 0) is 49.8 Å². The van der Waals surface area contributed by atoms with E-state index >= 15 is 0 Å². The highest BCUT2D eigenvalue weighted by molar-refractivity contribution is 6.35. The zero-order valence-corrected chi connectivity index (χ0v) is 15.8. The Morgan fingerprint density at radius 1 is 1.11 bits per heavy atom. The standard InChI is InChI=1S/C20H25N5O3/c26-18(24-11-6-20(28,7-12-24)17-4-9-22-23-17)19(27)25-10-5-15(14-25)13-16-3-1-2-8-21-16/h1-4,8-9,15,28H,5-7,10-14H2,(H,22,23). The molecule has 4 heterocycles. The van der Waals surface area contributed by atoms with Crippen LogP contribution < -0.4 is 0 Å². The van der Waals surface area contributed by atoms with Crippen molar-refractivity contribution in [2.75, 3.05) is 26.2 Å². The molecule has 2 aliphatic rings. The van der Waals surface area contributed by atoms with Gasteiger partial charge in [-0.15, -0.1) is 0 Å². The summed E-state index contributed by atoms with van der Waals surface area (Å²) in [5, 5.41) is 17.4. The smallest absolute Gasteiger partial charge is 0.312 e. The average molecular weight is 383 g/mol. The first kappa shape index (κ1) is 18.6. The van der Waals surface area contributed by atoms with Gasteiger partial charge in [0, 0.05) is 44.3 Å². The fraction of sp³-hybridized carbons (Fsp3) is 0.500. The maximum absolute atomic E-state index is 12.7. The fourth-order valence-electron chi connectivity index (χ4n) is 4.13. The van der Waals surface area contributed by atoms with Gasteiger partial charge in [-0.1, -0.05) is 6.07 Å². The minimum absolute atomic E-state index is 0.332. The second-order valence-corrected chi connectivity index (χ2v) is 7.73. The Bertz CT molecular complexity index is 816. The van der Waals surface area contributed by atoms with Crippen molar-refractivity contribution in [3.63, 3.8) is 0 Å². The van der Waals surface area contributed by atoms with E-state index in [-0.39, 0.29) is 0 Å². The van der Waals surface area contributed by atoms with Crippen molar-refractivity contribution >= 4 is 11.8 Å². The lowest BCUT2D eigenvalue weighted by molar-refractivity contribution is -0.154. The number of pyridine rings is 1. The molecule has 0 aliphatic carbocycles. The fourth-order valence-corrected chi connectivity index (χ4v) is 4.13. The van der Waals surface area contributed by atoms with Gasteiger partial charge in [-0.3, -0.25) is 19.7 Å². The average Bonchev–Trinajstić information content (AvgIpc) is 3.41. The van der Waals surface area contributed by atoms with E-state index in [1.54, 1.807) is 28.3 Å². The number of rotatable bonds is 3. The largest absolute Gasteiger partial charge is 0.383 e. The molecule has 0 radical (unpaired) electrons. The molecule has 28 heavy (non-hydrogen) atoms. The summed E-state index contributed by atoms with van der Waals surface area (Å²) in [6, 6.07) is 7.59. The summed E-state index contributed by atoms with van der Waals surface area (Å²) in [5.74, 6) is -0.570. The molecule has 0 saturated carbocycles. The number of likely N-dealkylation sites (tertiary alicyclic amines) is 2. The van der Waals surface area contributed by atoms with Crippen LogP contribution in [-0.2, 0) is 21.6 Å². The van der Waals surface area contributed by atoms with Crippen LogP contribution >= 0.6 is 0 Å². The van der Waals surface area contributed by atoms with Crippen molar-refractivity contribution in [2.45, 2.75) is 31.3 Å². The van der Waals surface area contributed by atoms with E-state index in [1.807, 2.05) is 18.2 Å². The van der Waals surface area contributed by atoms with Gasteiger partial charge in [0.15, 0.2) is 0 Å². The Morgan fingerprint density at radius 2 is 1.89 bits per heavy atom. The van der Waals surface area contributed by atoms with E-state index < -0.39 is 17.4 Å². The van der Waals surface area contributed by atoms with Crippen LogP contribution in [0.3, 0.4) is 0 Å². The molecule has 2 amide bonds. The van der Waals surface area contributed by atoms with Crippen molar-refractivity contribution in [1.82, 2.24) is 25.0 Å². The Hall–Kier alpha value is -2.74. The van der Waals surface area contributed by atoms with Crippen molar-refractivity contribution in [1.29, 1.82) is 0 Å². The second-order valence-electron chi connectivity index (χ2n) is 7.73. The molecule has 2 aromatic heterocycles. The molecule has 1 unspecified atom stereocenters. The van der Waals surface area contributed by atoms with Crippen LogP contribution in [-0.4, -0.2) is 68.1 Å². The lowest BCUT2D eigenvalue weighted by atomic mass is 9.88. The highest BCUT2D eigenvalue weighted by Gasteiger charge is 2.39. The SMILES string of the molecule is O=C(C(=O)N1CCC(Cc2ccccn2)C1)N1CCC(O)(c2ccn[nH]2)CC1. The maximum Gasteiger partial charge on any atom is 0.312 e. The molecule has 2 fully saturated rings. The van der Waals surface area contributed by atoms with Gasteiger partial charge >= 0.3 is 11.8 Å². The van der Waals surface area contributed by atoms with Gasteiger partial charge in [0.25, 0.3) is 0 Å². The number of hydrogen-bond acceptors (Lipinski definition) is 5. The molecule has 1 atom stereocenters. The zero-order chi connectivity index (χ0) is 19.6. The number of amides is 2. The monoisotopic (exact) mass is 383 g/mol. The molecule has 0 spiro atoms. The summed E-state index contributed by atoms with van der Waals surface area (Å²) >= 11 is 0. The van der Waals surface area contributed by atoms with Crippen LogP contribution in [0.25, 0.3) is 0 Å². The Kier molecular flexibility index (Phi) is 5.13. The molecule has 8 heteroatoms. The summed E-state index contributed by atoms with van der Waals surface area (Å²) < 4.78 is 0. The Morgan fingerprint density at radius 3 is 2.57 bits per heavy atom. The molecular formula is C20H25N5O3. The molecule has 2 N–H and O–H groups in total. The molecule has 2 aromatic rings. The third kappa shape index (κ3) is 3.77. The quantitative estimate of drug-likeness (QED) is 0.760. The van der Waals surface area contributed by atoms with Crippen LogP contribution in [0.15, 0.2) is 36.7 Å². The van der Waals surface area contributed by atoms with Crippen molar-refractivity contribution < 1.29 is 14.7 Å². The van der Waals surface area contributed by atoms with E-state index in [2.05, 4.69) is 15.2 Å². The molecule has 0 bridgehead atoms. The zero-order valence-electron chi connectivity index (χ0n) is 15.8. The number of carbonyl (C=O) groups is 2. The van der Waals surface area contributed by atoms with E-state index in [4.69, 9.17) is 0 Å². The number of nitrogens with zero attached hydrogens (tertiary/aromatic N) is 4. The number of piperidine rings is 1. The molecule has 0 aromatic carbocycles. The van der Waals surface area contributed by atoms with Crippen molar-refractivity contribution in [3.8, 4) is 0 Å². The van der Waals surface area contributed by atoms with Crippen LogP contribution in [0.1, 0.15) is 30.7 Å². The minimum Gasteiger partial charge on any atom is -0.383 e. The number of nitrogens with one attached hydrogen (secondary N) is 1. The highest BCUT2D eigenvalue weighted by atomic mass is 16.3. The molecule has 2 saturated heterocycles. The lowest BCUT2D eigenvalue weighted by Gasteiger charge is -2.37. The van der Waals surface area contributed by atoms with Gasteiger partial charge in [-0.25, -0.2) is 0 Å².